The van der Waals surface area contributed by atoms with Gasteiger partial charge < -0.3 is 5.32 Å². The van der Waals surface area contributed by atoms with Gasteiger partial charge in [0.05, 0.1) is 16.6 Å². The summed E-state index contributed by atoms with van der Waals surface area (Å²) in [5.74, 6) is 0. The van der Waals surface area contributed by atoms with Crippen LogP contribution in [0.4, 0.5) is 32.0 Å². The highest BCUT2D eigenvalue weighted by atomic mass is 19.4. The van der Waals surface area contributed by atoms with Crippen molar-refractivity contribution in [3.05, 3.63) is 59.3 Å². The Hall–Kier alpha value is -2.71. The second-order valence-electron chi connectivity index (χ2n) is 5.80. The lowest BCUT2D eigenvalue weighted by molar-refractivity contribution is -0.143. The summed E-state index contributed by atoms with van der Waals surface area (Å²) in [6.07, 6.45) is -7.97. The molecule has 0 atom stereocenters. The lowest BCUT2D eigenvalue weighted by atomic mass is 10.0. The van der Waals surface area contributed by atoms with Gasteiger partial charge in [0, 0.05) is 30.9 Å². The normalized spacial score (nSPS) is 12.6. The maximum absolute atomic E-state index is 13.1. The number of hydrogen-bond acceptors (Lipinski definition) is 2. The number of aryl methyl sites for hydroxylation is 1. The maximum Gasteiger partial charge on any atom is 0.416 e. The minimum absolute atomic E-state index is 0.140. The average Bonchev–Trinajstić information content (AvgIpc) is 2.90. The molecule has 0 aliphatic rings. The van der Waals surface area contributed by atoms with E-state index in [9.17, 15) is 26.3 Å². The Morgan fingerprint density at radius 2 is 1.69 bits per heavy atom. The summed E-state index contributed by atoms with van der Waals surface area (Å²) in [4.78, 5) is 0. The Morgan fingerprint density at radius 3 is 2.35 bits per heavy atom. The predicted molar refractivity (Wildman–Crippen MR) is 84.5 cm³/mol. The van der Waals surface area contributed by atoms with Gasteiger partial charge in [0.2, 0.25) is 0 Å². The number of aromatic nitrogens is 2. The van der Waals surface area contributed by atoms with E-state index in [-0.39, 0.29) is 18.2 Å². The lowest BCUT2D eigenvalue weighted by Gasteiger charge is -2.16. The van der Waals surface area contributed by atoms with Crippen molar-refractivity contribution in [1.82, 2.24) is 9.78 Å². The largest absolute Gasteiger partial charge is 0.416 e. The quantitative estimate of drug-likeness (QED) is 0.638. The fourth-order valence-corrected chi connectivity index (χ4v) is 2.63. The number of rotatable bonds is 3. The predicted octanol–water partition coefficient (Wildman–Crippen LogP) is 5.22. The minimum Gasteiger partial charge on any atom is -0.381 e. The molecule has 0 aliphatic heterocycles. The molecule has 1 aromatic heterocycles. The van der Waals surface area contributed by atoms with Gasteiger partial charge in [0.15, 0.2) is 0 Å². The monoisotopic (exact) mass is 373 g/mol. The molecule has 1 N–H and O–H groups in total. The van der Waals surface area contributed by atoms with Crippen LogP contribution in [-0.2, 0) is 25.9 Å². The first-order chi connectivity index (χ1) is 12.0. The highest BCUT2D eigenvalue weighted by molar-refractivity contribution is 5.81. The second-order valence-corrected chi connectivity index (χ2v) is 5.80. The number of benzene rings is 2. The third-order valence-electron chi connectivity index (χ3n) is 3.84. The van der Waals surface area contributed by atoms with Crippen molar-refractivity contribution in [2.24, 2.45) is 7.05 Å². The maximum atomic E-state index is 13.1. The fourth-order valence-electron chi connectivity index (χ4n) is 2.63. The van der Waals surface area contributed by atoms with E-state index in [2.05, 4.69) is 10.4 Å². The van der Waals surface area contributed by atoms with Crippen LogP contribution in [0.3, 0.4) is 0 Å². The molecule has 0 fully saturated rings. The highest BCUT2D eigenvalue weighted by Gasteiger charge is 2.37. The van der Waals surface area contributed by atoms with Crippen molar-refractivity contribution in [3.8, 4) is 0 Å². The topological polar surface area (TPSA) is 29.9 Å². The molecule has 0 unspecified atom stereocenters. The smallest absolute Gasteiger partial charge is 0.381 e. The molecule has 3 nitrogen and oxygen atoms in total. The average molecular weight is 373 g/mol. The number of alkyl halides is 6. The van der Waals surface area contributed by atoms with E-state index in [1.54, 1.807) is 36.1 Å². The zero-order chi connectivity index (χ0) is 19.1. The zero-order valence-electron chi connectivity index (χ0n) is 13.4. The summed E-state index contributed by atoms with van der Waals surface area (Å²) >= 11 is 0. The van der Waals surface area contributed by atoms with Crippen LogP contribution in [0.1, 0.15) is 16.7 Å². The van der Waals surface area contributed by atoms with Gasteiger partial charge in [-0.05, 0) is 35.9 Å². The first-order valence-corrected chi connectivity index (χ1v) is 7.48. The minimum atomic E-state index is -4.88. The molecule has 1 heterocycles. The van der Waals surface area contributed by atoms with E-state index in [0.29, 0.717) is 11.8 Å². The summed E-state index contributed by atoms with van der Waals surface area (Å²) < 4.78 is 79.1. The number of anilines is 1. The molecule has 138 valence electrons. The van der Waals surface area contributed by atoms with Crippen molar-refractivity contribution in [2.75, 3.05) is 5.32 Å². The molecule has 0 amide bonds. The Labute approximate surface area is 144 Å². The molecule has 0 spiro atoms. The first-order valence-electron chi connectivity index (χ1n) is 7.48. The third-order valence-corrected chi connectivity index (χ3v) is 3.84. The summed E-state index contributed by atoms with van der Waals surface area (Å²) in [5, 5.41) is 7.79. The Kier molecular flexibility index (Phi) is 4.33. The third kappa shape index (κ3) is 3.76. The van der Waals surface area contributed by atoms with Crippen LogP contribution in [0.5, 0.6) is 0 Å². The molecule has 9 heteroatoms. The van der Waals surface area contributed by atoms with Crippen molar-refractivity contribution in [3.63, 3.8) is 0 Å². The number of nitrogens with zero attached hydrogens (tertiary/aromatic N) is 2. The van der Waals surface area contributed by atoms with Gasteiger partial charge in [0.25, 0.3) is 0 Å². The molecule has 2 aromatic carbocycles. The second kappa shape index (κ2) is 6.22. The standard InChI is InChI=1S/C17H13F6N3/c1-26-9-11-6-13(4-5-15(11)25-26)24-8-10-2-3-12(16(18,19)20)7-14(10)17(21,22)23/h2-7,9,24H,8H2,1H3. The summed E-state index contributed by atoms with van der Waals surface area (Å²) in [5.41, 5.74) is -1.63. The van der Waals surface area contributed by atoms with Gasteiger partial charge in [0.1, 0.15) is 0 Å². The van der Waals surface area contributed by atoms with Gasteiger partial charge in [-0.3, -0.25) is 4.68 Å². The van der Waals surface area contributed by atoms with Gasteiger partial charge in [-0.15, -0.1) is 0 Å². The van der Waals surface area contributed by atoms with E-state index in [0.717, 1.165) is 17.0 Å². The van der Waals surface area contributed by atoms with Crippen molar-refractivity contribution >= 4 is 16.6 Å². The molecule has 26 heavy (non-hydrogen) atoms. The van der Waals surface area contributed by atoms with Crippen molar-refractivity contribution < 1.29 is 26.3 Å². The molecular weight excluding hydrogens is 360 g/mol. The summed E-state index contributed by atoms with van der Waals surface area (Å²) in [6, 6.07) is 6.70. The van der Waals surface area contributed by atoms with E-state index < -0.39 is 23.5 Å². The number of hydrogen-bond donors (Lipinski definition) is 1. The van der Waals surface area contributed by atoms with Crippen molar-refractivity contribution in [2.45, 2.75) is 18.9 Å². The Balaban J connectivity index is 1.88. The van der Waals surface area contributed by atoms with Crippen LogP contribution in [-0.4, -0.2) is 9.78 Å². The molecule has 0 saturated heterocycles. The fraction of sp³-hybridized carbons (Fsp3) is 0.235. The van der Waals surface area contributed by atoms with Gasteiger partial charge >= 0.3 is 12.4 Å². The van der Waals surface area contributed by atoms with E-state index in [4.69, 9.17) is 0 Å². The Morgan fingerprint density at radius 1 is 0.962 bits per heavy atom. The SMILES string of the molecule is Cn1cc2cc(NCc3ccc(C(F)(F)F)cc3C(F)(F)F)ccc2n1. The number of fused-ring (bicyclic) bond motifs is 1. The molecule has 0 saturated carbocycles. The number of nitrogens with one attached hydrogen (secondary N) is 1. The summed E-state index contributed by atoms with van der Waals surface area (Å²) in [7, 11) is 1.74. The van der Waals surface area contributed by atoms with Gasteiger partial charge in [-0.25, -0.2) is 0 Å². The highest BCUT2D eigenvalue weighted by Crippen LogP contribution is 2.37. The van der Waals surface area contributed by atoms with E-state index >= 15 is 0 Å². The van der Waals surface area contributed by atoms with Crippen LogP contribution in [0.15, 0.2) is 42.6 Å². The van der Waals surface area contributed by atoms with Crippen LogP contribution in [0.25, 0.3) is 10.9 Å². The molecule has 0 radical (unpaired) electrons. The van der Waals surface area contributed by atoms with E-state index in [1.807, 2.05) is 0 Å². The van der Waals surface area contributed by atoms with Gasteiger partial charge in [-0.1, -0.05) is 6.07 Å². The molecule has 3 rings (SSSR count). The van der Waals surface area contributed by atoms with Crippen LogP contribution < -0.4 is 5.32 Å². The lowest BCUT2D eigenvalue weighted by Crippen LogP contribution is -2.15. The van der Waals surface area contributed by atoms with Crippen molar-refractivity contribution in [1.29, 1.82) is 0 Å². The first kappa shape index (κ1) is 18.1. The summed E-state index contributed by atoms with van der Waals surface area (Å²) in [6.45, 7) is -0.265. The zero-order valence-corrected chi connectivity index (χ0v) is 13.4. The van der Waals surface area contributed by atoms with Crippen LogP contribution >= 0.6 is 0 Å². The number of halogens is 6. The molecular formula is C17H13F6N3. The van der Waals surface area contributed by atoms with Gasteiger partial charge in [-0.2, -0.15) is 31.4 Å². The van der Waals surface area contributed by atoms with E-state index in [1.165, 1.54) is 0 Å². The molecule has 0 aliphatic carbocycles. The Bertz CT molecular complexity index is 940. The molecule has 0 bridgehead atoms. The van der Waals surface area contributed by atoms with Crippen LogP contribution in [0.2, 0.25) is 0 Å². The molecule has 3 aromatic rings. The van der Waals surface area contributed by atoms with Crippen LogP contribution in [0, 0.1) is 0 Å².